The van der Waals surface area contributed by atoms with Gasteiger partial charge in [0.1, 0.15) is 0 Å². The van der Waals surface area contributed by atoms with Gasteiger partial charge in [-0.3, -0.25) is 0 Å². The van der Waals surface area contributed by atoms with E-state index in [1.807, 2.05) is 37.1 Å². The van der Waals surface area contributed by atoms with Gasteiger partial charge in [0.2, 0.25) is 0 Å². The summed E-state index contributed by atoms with van der Waals surface area (Å²) >= 11 is 0. The Morgan fingerprint density at radius 3 is 2.45 bits per heavy atom. The standard InChI is InChI=1S/C17H19NO2/c1-12-5-4-6-14(9-12)11-18(3)16-8-7-13(2)10-15(16)17(19)20/h4-10H,11H2,1-3H3,(H,19,20). The highest BCUT2D eigenvalue weighted by atomic mass is 16.4. The lowest BCUT2D eigenvalue weighted by Gasteiger charge is -2.22. The van der Waals surface area contributed by atoms with Crippen LogP contribution in [-0.4, -0.2) is 18.1 Å². The number of carboxylic acids is 1. The zero-order valence-corrected chi connectivity index (χ0v) is 12.1. The predicted molar refractivity (Wildman–Crippen MR) is 81.4 cm³/mol. The fraction of sp³-hybridized carbons (Fsp3) is 0.235. The van der Waals surface area contributed by atoms with E-state index >= 15 is 0 Å². The molecule has 104 valence electrons. The normalized spacial score (nSPS) is 10.3. The van der Waals surface area contributed by atoms with Crippen LogP contribution in [0.2, 0.25) is 0 Å². The number of carboxylic acid groups (broad SMARTS) is 1. The smallest absolute Gasteiger partial charge is 0.337 e. The highest BCUT2D eigenvalue weighted by molar-refractivity contribution is 5.94. The molecule has 0 saturated heterocycles. The summed E-state index contributed by atoms with van der Waals surface area (Å²) in [5.74, 6) is -0.889. The van der Waals surface area contributed by atoms with Crippen molar-refractivity contribution in [2.24, 2.45) is 0 Å². The lowest BCUT2D eigenvalue weighted by molar-refractivity contribution is 0.0697. The average molecular weight is 269 g/mol. The Labute approximate surface area is 119 Å². The topological polar surface area (TPSA) is 40.5 Å². The molecule has 0 aliphatic carbocycles. The molecule has 0 amide bonds. The van der Waals surface area contributed by atoms with Gasteiger partial charge in [-0.1, -0.05) is 41.5 Å². The molecule has 1 N–H and O–H groups in total. The third kappa shape index (κ3) is 3.18. The van der Waals surface area contributed by atoms with E-state index in [1.165, 1.54) is 11.1 Å². The molecule has 0 aliphatic heterocycles. The van der Waals surface area contributed by atoms with E-state index in [-0.39, 0.29) is 0 Å². The lowest BCUT2D eigenvalue weighted by atomic mass is 10.1. The van der Waals surface area contributed by atoms with E-state index in [9.17, 15) is 9.90 Å². The molecular weight excluding hydrogens is 250 g/mol. The molecule has 0 bridgehead atoms. The Balaban J connectivity index is 2.29. The van der Waals surface area contributed by atoms with Crippen LogP contribution in [0.4, 0.5) is 5.69 Å². The molecular formula is C17H19NO2. The Morgan fingerprint density at radius 2 is 1.80 bits per heavy atom. The molecule has 0 spiro atoms. The Kier molecular flexibility index (Phi) is 4.08. The number of anilines is 1. The van der Waals surface area contributed by atoms with Crippen LogP contribution >= 0.6 is 0 Å². The largest absolute Gasteiger partial charge is 0.478 e. The van der Waals surface area contributed by atoms with Crippen molar-refractivity contribution in [2.75, 3.05) is 11.9 Å². The first-order valence-electron chi connectivity index (χ1n) is 6.58. The van der Waals surface area contributed by atoms with E-state index in [2.05, 4.69) is 25.1 Å². The molecule has 0 radical (unpaired) electrons. The second-order valence-electron chi connectivity index (χ2n) is 5.17. The summed E-state index contributed by atoms with van der Waals surface area (Å²) in [5.41, 5.74) is 4.42. The van der Waals surface area contributed by atoms with Crippen molar-refractivity contribution in [3.8, 4) is 0 Å². The molecule has 0 aromatic heterocycles. The van der Waals surface area contributed by atoms with Crippen LogP contribution < -0.4 is 4.90 Å². The second-order valence-corrected chi connectivity index (χ2v) is 5.17. The molecule has 3 heteroatoms. The molecule has 2 rings (SSSR count). The van der Waals surface area contributed by atoms with Crippen molar-refractivity contribution in [1.82, 2.24) is 0 Å². The average Bonchev–Trinajstić information content (AvgIpc) is 2.38. The first-order chi connectivity index (χ1) is 9.47. The van der Waals surface area contributed by atoms with Gasteiger partial charge in [0.25, 0.3) is 0 Å². The summed E-state index contributed by atoms with van der Waals surface area (Å²) in [7, 11) is 1.92. The van der Waals surface area contributed by atoms with Crippen molar-refractivity contribution >= 4 is 11.7 Å². The molecule has 2 aromatic rings. The van der Waals surface area contributed by atoms with Gasteiger partial charge in [-0.2, -0.15) is 0 Å². The van der Waals surface area contributed by atoms with Gasteiger partial charge in [0.15, 0.2) is 0 Å². The Hall–Kier alpha value is -2.29. The highest BCUT2D eigenvalue weighted by Crippen LogP contribution is 2.23. The number of carbonyl (C=O) groups is 1. The van der Waals surface area contributed by atoms with Crippen LogP contribution in [0, 0.1) is 13.8 Å². The zero-order chi connectivity index (χ0) is 14.7. The summed E-state index contributed by atoms with van der Waals surface area (Å²) in [6, 6.07) is 13.8. The van der Waals surface area contributed by atoms with Crippen LogP contribution in [0.1, 0.15) is 27.0 Å². The molecule has 0 unspecified atom stereocenters. The van der Waals surface area contributed by atoms with Gasteiger partial charge in [-0.15, -0.1) is 0 Å². The number of nitrogens with zero attached hydrogens (tertiary/aromatic N) is 1. The van der Waals surface area contributed by atoms with Gasteiger partial charge in [0.05, 0.1) is 11.3 Å². The van der Waals surface area contributed by atoms with Crippen molar-refractivity contribution < 1.29 is 9.90 Å². The van der Waals surface area contributed by atoms with E-state index in [1.54, 1.807) is 6.07 Å². The summed E-state index contributed by atoms with van der Waals surface area (Å²) in [4.78, 5) is 13.3. The van der Waals surface area contributed by atoms with Crippen LogP contribution in [0.5, 0.6) is 0 Å². The molecule has 2 aromatic carbocycles. The summed E-state index contributed by atoms with van der Waals surface area (Å²) in [6.07, 6.45) is 0. The number of aromatic carboxylic acids is 1. The highest BCUT2D eigenvalue weighted by Gasteiger charge is 2.13. The van der Waals surface area contributed by atoms with Gasteiger partial charge in [-0.25, -0.2) is 4.79 Å². The van der Waals surface area contributed by atoms with Gasteiger partial charge in [-0.05, 0) is 31.5 Å². The minimum absolute atomic E-state index is 0.347. The molecule has 0 atom stereocenters. The minimum atomic E-state index is -0.889. The minimum Gasteiger partial charge on any atom is -0.478 e. The first-order valence-corrected chi connectivity index (χ1v) is 6.58. The zero-order valence-electron chi connectivity index (χ0n) is 12.1. The number of rotatable bonds is 4. The van der Waals surface area contributed by atoms with Crippen LogP contribution in [-0.2, 0) is 6.54 Å². The maximum Gasteiger partial charge on any atom is 0.337 e. The van der Waals surface area contributed by atoms with Crippen molar-refractivity contribution in [3.05, 3.63) is 64.7 Å². The maximum atomic E-state index is 11.4. The Morgan fingerprint density at radius 1 is 1.10 bits per heavy atom. The summed E-state index contributed by atoms with van der Waals surface area (Å²) in [5, 5.41) is 9.32. The quantitative estimate of drug-likeness (QED) is 0.921. The van der Waals surface area contributed by atoms with E-state index in [0.29, 0.717) is 12.1 Å². The molecule has 3 nitrogen and oxygen atoms in total. The van der Waals surface area contributed by atoms with Crippen molar-refractivity contribution in [3.63, 3.8) is 0 Å². The molecule has 0 aliphatic rings. The van der Waals surface area contributed by atoms with Crippen LogP contribution in [0.25, 0.3) is 0 Å². The maximum absolute atomic E-state index is 11.4. The summed E-state index contributed by atoms with van der Waals surface area (Å²) < 4.78 is 0. The van der Waals surface area contributed by atoms with Gasteiger partial charge in [0, 0.05) is 13.6 Å². The third-order valence-electron chi connectivity index (χ3n) is 3.30. The number of benzene rings is 2. The second kappa shape index (κ2) is 5.78. The van der Waals surface area contributed by atoms with E-state index < -0.39 is 5.97 Å². The Bertz CT molecular complexity index is 635. The van der Waals surface area contributed by atoms with E-state index in [0.717, 1.165) is 11.3 Å². The van der Waals surface area contributed by atoms with E-state index in [4.69, 9.17) is 0 Å². The van der Waals surface area contributed by atoms with Crippen molar-refractivity contribution in [2.45, 2.75) is 20.4 Å². The lowest BCUT2D eigenvalue weighted by Crippen LogP contribution is -2.19. The first kappa shape index (κ1) is 14.1. The predicted octanol–water partition coefficient (Wildman–Crippen LogP) is 3.64. The summed E-state index contributed by atoms with van der Waals surface area (Å²) in [6.45, 7) is 4.64. The molecule has 0 heterocycles. The number of hydrogen-bond acceptors (Lipinski definition) is 2. The molecule has 0 saturated carbocycles. The van der Waals surface area contributed by atoms with Gasteiger partial charge >= 0.3 is 5.97 Å². The molecule has 20 heavy (non-hydrogen) atoms. The van der Waals surface area contributed by atoms with Crippen LogP contribution in [0.15, 0.2) is 42.5 Å². The molecule has 0 fully saturated rings. The van der Waals surface area contributed by atoms with Gasteiger partial charge < -0.3 is 10.0 Å². The number of aryl methyl sites for hydroxylation is 2. The van der Waals surface area contributed by atoms with Crippen molar-refractivity contribution in [1.29, 1.82) is 0 Å². The fourth-order valence-corrected chi connectivity index (χ4v) is 2.32. The SMILES string of the molecule is Cc1cccc(CN(C)c2ccc(C)cc2C(=O)O)c1. The monoisotopic (exact) mass is 269 g/mol. The van der Waals surface area contributed by atoms with Crippen LogP contribution in [0.3, 0.4) is 0 Å². The third-order valence-corrected chi connectivity index (χ3v) is 3.30. The fourth-order valence-electron chi connectivity index (χ4n) is 2.32. The number of hydrogen-bond donors (Lipinski definition) is 1.